The first-order valence-electron chi connectivity index (χ1n) is 6.30. The Morgan fingerprint density at radius 3 is 2.79 bits per heavy atom. The molecule has 1 aromatic carbocycles. The molecule has 0 radical (unpaired) electrons. The van der Waals surface area contributed by atoms with Crippen molar-refractivity contribution in [2.45, 2.75) is 26.7 Å². The van der Waals surface area contributed by atoms with Crippen molar-refractivity contribution < 1.29 is 9.53 Å². The minimum absolute atomic E-state index is 0.348. The number of nitrogens with zero attached hydrogens (tertiary/aromatic N) is 1. The fourth-order valence-corrected chi connectivity index (χ4v) is 2.61. The molecule has 0 spiro atoms. The lowest BCUT2D eigenvalue weighted by molar-refractivity contribution is 0.0525. The van der Waals surface area contributed by atoms with Crippen LogP contribution in [0.4, 0.5) is 0 Å². The van der Waals surface area contributed by atoms with Crippen LogP contribution in [0.2, 0.25) is 0 Å². The maximum atomic E-state index is 11.8. The van der Waals surface area contributed by atoms with Crippen molar-refractivity contribution in [2.24, 2.45) is 0 Å². The lowest BCUT2D eigenvalue weighted by Gasteiger charge is -2.12. The second kappa shape index (κ2) is 5.70. The number of carbonyl (C=O) groups excluding carboxylic acids is 1. The van der Waals surface area contributed by atoms with Crippen LogP contribution < -0.4 is 0 Å². The fourth-order valence-electron chi connectivity index (χ4n) is 2.03. The molecule has 0 saturated heterocycles. The number of ether oxygens (including phenoxy) is 1. The Morgan fingerprint density at radius 2 is 2.16 bits per heavy atom. The van der Waals surface area contributed by atoms with E-state index in [2.05, 4.69) is 40.8 Å². The summed E-state index contributed by atoms with van der Waals surface area (Å²) in [7, 11) is 0. The van der Waals surface area contributed by atoms with Gasteiger partial charge in [0.15, 0.2) is 0 Å². The third-order valence-electron chi connectivity index (χ3n) is 2.98. The highest BCUT2D eigenvalue weighted by Crippen LogP contribution is 2.31. The summed E-state index contributed by atoms with van der Waals surface area (Å²) < 4.78 is 5.77. The Labute approximate surface area is 121 Å². The van der Waals surface area contributed by atoms with E-state index in [1.165, 1.54) is 5.56 Å². The quantitative estimate of drug-likeness (QED) is 0.791. The highest BCUT2D eigenvalue weighted by molar-refractivity contribution is 9.10. The van der Waals surface area contributed by atoms with Gasteiger partial charge in [-0.05, 0) is 34.3 Å². The van der Waals surface area contributed by atoms with Crippen molar-refractivity contribution in [1.29, 1.82) is 0 Å². The SMILES string of the molecule is CCOC(=O)c1cnc2c(C(C)C)cccc2c1Br. The number of fused-ring (bicyclic) bond motifs is 1. The van der Waals surface area contributed by atoms with Crippen molar-refractivity contribution >= 4 is 32.8 Å². The Morgan fingerprint density at radius 1 is 1.42 bits per heavy atom. The molecule has 0 amide bonds. The van der Waals surface area contributed by atoms with E-state index in [-0.39, 0.29) is 5.97 Å². The van der Waals surface area contributed by atoms with Crippen LogP contribution in [-0.2, 0) is 4.74 Å². The van der Waals surface area contributed by atoms with Gasteiger partial charge in [-0.25, -0.2) is 4.79 Å². The molecule has 0 unspecified atom stereocenters. The third kappa shape index (κ3) is 2.63. The molecular formula is C15H16BrNO2. The molecule has 0 aliphatic heterocycles. The van der Waals surface area contributed by atoms with Gasteiger partial charge < -0.3 is 4.74 Å². The molecule has 0 aliphatic rings. The molecule has 0 saturated carbocycles. The first kappa shape index (κ1) is 14.0. The normalized spacial score (nSPS) is 11.0. The Balaban J connectivity index is 2.63. The summed E-state index contributed by atoms with van der Waals surface area (Å²) in [6, 6.07) is 6.01. The molecule has 4 heteroatoms. The lowest BCUT2D eigenvalue weighted by Crippen LogP contribution is -2.07. The molecular weight excluding hydrogens is 306 g/mol. The number of rotatable bonds is 3. The zero-order chi connectivity index (χ0) is 14.0. The summed E-state index contributed by atoms with van der Waals surface area (Å²) in [6.07, 6.45) is 1.58. The number of aromatic nitrogens is 1. The van der Waals surface area contributed by atoms with Crippen LogP contribution in [0.1, 0.15) is 42.6 Å². The summed E-state index contributed by atoms with van der Waals surface area (Å²) in [4.78, 5) is 16.3. The van der Waals surface area contributed by atoms with E-state index in [1.807, 2.05) is 12.1 Å². The number of hydrogen-bond donors (Lipinski definition) is 0. The standard InChI is InChI=1S/C15H16BrNO2/c1-4-19-15(18)12-8-17-14-10(9(2)3)6-5-7-11(14)13(12)16/h5-9H,4H2,1-3H3. The molecule has 2 rings (SSSR count). The van der Waals surface area contributed by atoms with Crippen LogP contribution in [0.25, 0.3) is 10.9 Å². The van der Waals surface area contributed by atoms with Crippen molar-refractivity contribution in [3.8, 4) is 0 Å². The second-order valence-electron chi connectivity index (χ2n) is 4.60. The van der Waals surface area contributed by atoms with Gasteiger partial charge in [0, 0.05) is 16.1 Å². The minimum atomic E-state index is -0.348. The molecule has 2 aromatic rings. The van der Waals surface area contributed by atoms with E-state index in [0.29, 0.717) is 18.1 Å². The highest BCUT2D eigenvalue weighted by atomic mass is 79.9. The molecule has 1 aromatic heterocycles. The number of hydrogen-bond acceptors (Lipinski definition) is 3. The van der Waals surface area contributed by atoms with Gasteiger partial charge in [-0.2, -0.15) is 0 Å². The Hall–Kier alpha value is -1.42. The van der Waals surface area contributed by atoms with Gasteiger partial charge in [0.05, 0.1) is 17.7 Å². The average Bonchev–Trinajstić information content (AvgIpc) is 2.38. The molecule has 0 bridgehead atoms. The smallest absolute Gasteiger partial charge is 0.340 e. The van der Waals surface area contributed by atoms with Gasteiger partial charge in [-0.15, -0.1) is 0 Å². The van der Waals surface area contributed by atoms with E-state index in [0.717, 1.165) is 15.4 Å². The first-order valence-corrected chi connectivity index (χ1v) is 7.09. The topological polar surface area (TPSA) is 39.2 Å². The van der Waals surface area contributed by atoms with Gasteiger partial charge >= 0.3 is 5.97 Å². The molecule has 0 atom stereocenters. The Kier molecular flexibility index (Phi) is 4.20. The first-order chi connectivity index (χ1) is 9.06. The zero-order valence-electron chi connectivity index (χ0n) is 11.2. The Bertz CT molecular complexity index is 623. The van der Waals surface area contributed by atoms with E-state index in [4.69, 9.17) is 4.74 Å². The zero-order valence-corrected chi connectivity index (χ0v) is 12.8. The van der Waals surface area contributed by atoms with Crippen molar-refractivity contribution in [1.82, 2.24) is 4.98 Å². The summed E-state index contributed by atoms with van der Waals surface area (Å²) in [6.45, 7) is 6.40. The minimum Gasteiger partial charge on any atom is -0.462 e. The van der Waals surface area contributed by atoms with Crippen LogP contribution in [-0.4, -0.2) is 17.6 Å². The van der Waals surface area contributed by atoms with Crippen LogP contribution in [0, 0.1) is 0 Å². The molecule has 19 heavy (non-hydrogen) atoms. The van der Waals surface area contributed by atoms with Crippen molar-refractivity contribution in [2.75, 3.05) is 6.61 Å². The number of pyridine rings is 1. The highest BCUT2D eigenvalue weighted by Gasteiger charge is 2.16. The summed E-state index contributed by atoms with van der Waals surface area (Å²) in [5, 5.41) is 0.941. The molecule has 0 aliphatic carbocycles. The molecule has 100 valence electrons. The van der Waals surface area contributed by atoms with Gasteiger partial charge in [-0.1, -0.05) is 32.0 Å². The molecule has 0 fully saturated rings. The van der Waals surface area contributed by atoms with Gasteiger partial charge in [0.25, 0.3) is 0 Å². The van der Waals surface area contributed by atoms with E-state index < -0.39 is 0 Å². The number of carbonyl (C=O) groups is 1. The number of benzene rings is 1. The number of esters is 1. The van der Waals surface area contributed by atoms with Crippen LogP contribution in [0.15, 0.2) is 28.9 Å². The lowest BCUT2D eigenvalue weighted by atomic mass is 9.99. The molecule has 0 N–H and O–H groups in total. The summed E-state index contributed by atoms with van der Waals surface area (Å²) in [5.41, 5.74) is 2.57. The predicted molar refractivity (Wildman–Crippen MR) is 79.5 cm³/mol. The monoisotopic (exact) mass is 321 g/mol. The third-order valence-corrected chi connectivity index (χ3v) is 3.83. The van der Waals surface area contributed by atoms with Crippen LogP contribution in [0.3, 0.4) is 0 Å². The fraction of sp³-hybridized carbons (Fsp3) is 0.333. The summed E-state index contributed by atoms with van der Waals surface area (Å²) in [5.74, 6) is 0.0373. The van der Waals surface area contributed by atoms with Gasteiger partial charge in [0.1, 0.15) is 0 Å². The van der Waals surface area contributed by atoms with Crippen molar-refractivity contribution in [3.05, 3.63) is 40.0 Å². The van der Waals surface area contributed by atoms with Crippen molar-refractivity contribution in [3.63, 3.8) is 0 Å². The predicted octanol–water partition coefficient (Wildman–Crippen LogP) is 4.30. The number of para-hydroxylation sites is 1. The van der Waals surface area contributed by atoms with E-state index >= 15 is 0 Å². The maximum absolute atomic E-state index is 11.8. The van der Waals surface area contributed by atoms with E-state index in [1.54, 1.807) is 13.1 Å². The molecule has 1 heterocycles. The largest absolute Gasteiger partial charge is 0.462 e. The van der Waals surface area contributed by atoms with Gasteiger partial charge in [-0.3, -0.25) is 4.98 Å². The van der Waals surface area contributed by atoms with E-state index in [9.17, 15) is 4.79 Å². The van der Waals surface area contributed by atoms with Crippen LogP contribution in [0.5, 0.6) is 0 Å². The van der Waals surface area contributed by atoms with Gasteiger partial charge in [0.2, 0.25) is 0 Å². The maximum Gasteiger partial charge on any atom is 0.340 e. The van der Waals surface area contributed by atoms with Crippen LogP contribution >= 0.6 is 15.9 Å². The number of halogens is 1. The second-order valence-corrected chi connectivity index (χ2v) is 5.40. The summed E-state index contributed by atoms with van der Waals surface area (Å²) >= 11 is 3.49. The average molecular weight is 322 g/mol. The molecule has 3 nitrogen and oxygen atoms in total.